The Morgan fingerprint density at radius 2 is 1.83 bits per heavy atom. The van der Waals surface area contributed by atoms with Gasteiger partial charge in [0.25, 0.3) is 0 Å². The normalized spacial score (nSPS) is 24.6. The van der Waals surface area contributed by atoms with Crippen molar-refractivity contribution < 1.29 is 4.74 Å². The minimum Gasteiger partial charge on any atom is -0.496 e. The molecule has 0 spiro atoms. The van der Waals surface area contributed by atoms with E-state index in [0.717, 1.165) is 24.6 Å². The average molecular weight is 247 g/mol. The maximum atomic E-state index is 5.96. The van der Waals surface area contributed by atoms with Crippen LogP contribution < -0.4 is 10.5 Å². The average Bonchev–Trinajstić information content (AvgIpc) is 2.64. The SMILES string of the molecule is COc1ccccc1CC1CCCCCC1CN. The molecule has 2 N–H and O–H groups in total. The Morgan fingerprint density at radius 1 is 1.11 bits per heavy atom. The molecule has 2 heteroatoms. The van der Waals surface area contributed by atoms with Crippen LogP contribution in [0.1, 0.15) is 37.7 Å². The molecule has 1 aromatic rings. The number of rotatable bonds is 4. The lowest BCUT2D eigenvalue weighted by atomic mass is 9.83. The largest absolute Gasteiger partial charge is 0.496 e. The minimum absolute atomic E-state index is 0.692. The van der Waals surface area contributed by atoms with Gasteiger partial charge in [0.15, 0.2) is 0 Å². The van der Waals surface area contributed by atoms with Crippen LogP contribution in [0, 0.1) is 11.8 Å². The summed E-state index contributed by atoms with van der Waals surface area (Å²) in [6.45, 7) is 0.833. The molecule has 0 amide bonds. The summed E-state index contributed by atoms with van der Waals surface area (Å²) < 4.78 is 5.46. The lowest BCUT2D eigenvalue weighted by Gasteiger charge is -2.24. The summed E-state index contributed by atoms with van der Waals surface area (Å²) in [7, 11) is 1.76. The maximum Gasteiger partial charge on any atom is 0.122 e. The Kier molecular flexibility index (Phi) is 5.06. The van der Waals surface area contributed by atoms with Crippen LogP contribution in [-0.2, 0) is 6.42 Å². The second-order valence-electron chi connectivity index (χ2n) is 5.41. The highest BCUT2D eigenvalue weighted by molar-refractivity contribution is 5.33. The molecule has 1 aliphatic carbocycles. The zero-order valence-electron chi connectivity index (χ0n) is 11.4. The van der Waals surface area contributed by atoms with Gasteiger partial charge in [0.2, 0.25) is 0 Å². The van der Waals surface area contributed by atoms with Crippen molar-refractivity contribution in [2.45, 2.75) is 38.5 Å². The van der Waals surface area contributed by atoms with Gasteiger partial charge in [-0.15, -0.1) is 0 Å². The van der Waals surface area contributed by atoms with E-state index in [1.807, 2.05) is 6.07 Å². The topological polar surface area (TPSA) is 35.2 Å². The van der Waals surface area contributed by atoms with Crippen LogP contribution in [-0.4, -0.2) is 13.7 Å². The van der Waals surface area contributed by atoms with E-state index in [2.05, 4.69) is 18.2 Å². The fourth-order valence-corrected chi connectivity index (χ4v) is 3.19. The molecule has 1 aliphatic rings. The van der Waals surface area contributed by atoms with E-state index in [1.165, 1.54) is 37.7 Å². The molecule has 0 aliphatic heterocycles. The first kappa shape index (κ1) is 13.4. The third-order valence-electron chi connectivity index (χ3n) is 4.29. The summed E-state index contributed by atoms with van der Waals surface area (Å²) in [5, 5.41) is 0. The molecule has 2 nitrogen and oxygen atoms in total. The molecular weight excluding hydrogens is 222 g/mol. The highest BCUT2D eigenvalue weighted by Gasteiger charge is 2.23. The lowest BCUT2D eigenvalue weighted by molar-refractivity contribution is 0.313. The molecule has 1 saturated carbocycles. The number of hydrogen-bond acceptors (Lipinski definition) is 2. The van der Waals surface area contributed by atoms with Crippen LogP contribution in [0.4, 0.5) is 0 Å². The van der Waals surface area contributed by atoms with Gasteiger partial charge in [0.05, 0.1) is 7.11 Å². The Morgan fingerprint density at radius 3 is 2.56 bits per heavy atom. The molecule has 1 aromatic carbocycles. The minimum atomic E-state index is 0.692. The molecular formula is C16H25NO. The predicted molar refractivity (Wildman–Crippen MR) is 75.8 cm³/mol. The maximum absolute atomic E-state index is 5.96. The molecule has 2 atom stereocenters. The van der Waals surface area contributed by atoms with Gasteiger partial charge in [-0.2, -0.15) is 0 Å². The van der Waals surface area contributed by atoms with Crippen LogP contribution in [0.5, 0.6) is 5.75 Å². The van der Waals surface area contributed by atoms with Crippen molar-refractivity contribution in [2.75, 3.05) is 13.7 Å². The molecule has 2 rings (SSSR count). The summed E-state index contributed by atoms with van der Waals surface area (Å²) in [5.74, 6) is 2.45. The summed E-state index contributed by atoms with van der Waals surface area (Å²) in [6, 6.07) is 8.39. The zero-order valence-corrected chi connectivity index (χ0v) is 11.4. The number of nitrogens with two attached hydrogens (primary N) is 1. The summed E-state index contributed by atoms with van der Waals surface area (Å²) in [4.78, 5) is 0. The number of methoxy groups -OCH3 is 1. The van der Waals surface area contributed by atoms with E-state index in [0.29, 0.717) is 5.92 Å². The summed E-state index contributed by atoms with van der Waals surface area (Å²) in [6.07, 6.45) is 7.82. The molecule has 100 valence electrons. The van der Waals surface area contributed by atoms with Crippen LogP contribution >= 0.6 is 0 Å². The third-order valence-corrected chi connectivity index (χ3v) is 4.29. The zero-order chi connectivity index (χ0) is 12.8. The van der Waals surface area contributed by atoms with Gasteiger partial charge >= 0.3 is 0 Å². The Balaban J connectivity index is 2.10. The first-order valence-corrected chi connectivity index (χ1v) is 7.17. The van der Waals surface area contributed by atoms with E-state index in [1.54, 1.807) is 7.11 Å². The summed E-state index contributed by atoms with van der Waals surface area (Å²) in [5.41, 5.74) is 7.29. The highest BCUT2D eigenvalue weighted by atomic mass is 16.5. The Hall–Kier alpha value is -1.02. The molecule has 1 fully saturated rings. The fourth-order valence-electron chi connectivity index (χ4n) is 3.19. The van der Waals surface area contributed by atoms with Gasteiger partial charge in [0.1, 0.15) is 5.75 Å². The van der Waals surface area contributed by atoms with Gasteiger partial charge in [-0.25, -0.2) is 0 Å². The predicted octanol–water partition coefficient (Wildman–Crippen LogP) is 3.39. The van der Waals surface area contributed by atoms with E-state index in [9.17, 15) is 0 Å². The third kappa shape index (κ3) is 3.26. The molecule has 0 radical (unpaired) electrons. The van der Waals surface area contributed by atoms with Gasteiger partial charge in [-0.05, 0) is 49.3 Å². The number of benzene rings is 1. The Bertz CT molecular complexity index is 364. The number of hydrogen-bond donors (Lipinski definition) is 1. The first-order valence-electron chi connectivity index (χ1n) is 7.17. The molecule has 0 aromatic heterocycles. The molecule has 18 heavy (non-hydrogen) atoms. The Labute approximate surface area is 111 Å². The van der Waals surface area contributed by atoms with Gasteiger partial charge in [-0.1, -0.05) is 37.5 Å². The van der Waals surface area contributed by atoms with Crippen molar-refractivity contribution in [1.29, 1.82) is 0 Å². The van der Waals surface area contributed by atoms with Crippen LogP contribution in [0.15, 0.2) is 24.3 Å². The smallest absolute Gasteiger partial charge is 0.122 e. The van der Waals surface area contributed by atoms with Gasteiger partial charge < -0.3 is 10.5 Å². The summed E-state index contributed by atoms with van der Waals surface area (Å²) >= 11 is 0. The van der Waals surface area contributed by atoms with E-state index in [-0.39, 0.29) is 0 Å². The van der Waals surface area contributed by atoms with Crippen LogP contribution in [0.25, 0.3) is 0 Å². The van der Waals surface area contributed by atoms with Crippen molar-refractivity contribution >= 4 is 0 Å². The monoisotopic (exact) mass is 247 g/mol. The second-order valence-corrected chi connectivity index (χ2v) is 5.41. The standard InChI is InChI=1S/C16H25NO/c1-18-16-10-6-5-8-14(16)11-13-7-3-2-4-9-15(13)12-17/h5-6,8,10,13,15H,2-4,7,9,11-12,17H2,1H3. The molecule has 0 saturated heterocycles. The molecule has 0 heterocycles. The lowest BCUT2D eigenvalue weighted by Crippen LogP contribution is -2.24. The van der Waals surface area contributed by atoms with Crippen molar-refractivity contribution in [3.05, 3.63) is 29.8 Å². The van der Waals surface area contributed by atoms with Crippen molar-refractivity contribution in [3.8, 4) is 5.75 Å². The number of para-hydroxylation sites is 1. The van der Waals surface area contributed by atoms with E-state index < -0.39 is 0 Å². The van der Waals surface area contributed by atoms with Crippen molar-refractivity contribution in [1.82, 2.24) is 0 Å². The fraction of sp³-hybridized carbons (Fsp3) is 0.625. The van der Waals surface area contributed by atoms with Crippen molar-refractivity contribution in [2.24, 2.45) is 17.6 Å². The van der Waals surface area contributed by atoms with Crippen molar-refractivity contribution in [3.63, 3.8) is 0 Å². The quantitative estimate of drug-likeness (QED) is 0.828. The molecule has 2 unspecified atom stereocenters. The van der Waals surface area contributed by atoms with E-state index >= 15 is 0 Å². The van der Waals surface area contributed by atoms with Gasteiger partial charge in [0, 0.05) is 0 Å². The van der Waals surface area contributed by atoms with Crippen LogP contribution in [0.2, 0.25) is 0 Å². The number of ether oxygens (including phenoxy) is 1. The van der Waals surface area contributed by atoms with E-state index in [4.69, 9.17) is 10.5 Å². The highest BCUT2D eigenvalue weighted by Crippen LogP contribution is 2.32. The second kappa shape index (κ2) is 6.79. The van der Waals surface area contributed by atoms with Gasteiger partial charge in [-0.3, -0.25) is 0 Å². The van der Waals surface area contributed by atoms with Crippen LogP contribution in [0.3, 0.4) is 0 Å². The first-order chi connectivity index (χ1) is 8.85. The molecule has 0 bridgehead atoms.